The second kappa shape index (κ2) is 11.8. The van der Waals surface area contributed by atoms with Crippen molar-refractivity contribution in [3.63, 3.8) is 0 Å². The molecule has 1 heterocycles. The minimum absolute atomic E-state index is 0.116. The van der Waals surface area contributed by atoms with Gasteiger partial charge in [0.1, 0.15) is 0 Å². The number of nitrogens with zero attached hydrogens (tertiary/aromatic N) is 1. The highest BCUT2D eigenvalue weighted by molar-refractivity contribution is 6.01. The number of aldehydes is 1. The molecule has 27 heavy (non-hydrogen) atoms. The molecule has 1 aromatic rings. The quantitative estimate of drug-likeness (QED) is 0.612. The van der Waals surface area contributed by atoms with E-state index in [-0.39, 0.29) is 5.91 Å². The molecule has 1 unspecified atom stereocenters. The van der Waals surface area contributed by atoms with Crippen LogP contribution in [0.15, 0.2) is 24.3 Å². The molecule has 7 heteroatoms. The Morgan fingerprint density at radius 2 is 1.96 bits per heavy atom. The summed E-state index contributed by atoms with van der Waals surface area (Å²) in [5.41, 5.74) is 0.907. The Kier molecular flexibility index (Phi) is 11.0. The third-order valence-electron chi connectivity index (χ3n) is 3.84. The summed E-state index contributed by atoms with van der Waals surface area (Å²) in [6, 6.07) is 6.80. The van der Waals surface area contributed by atoms with E-state index in [4.69, 9.17) is 14.9 Å². The first-order chi connectivity index (χ1) is 12.5. The largest absolute Gasteiger partial charge is 0.366 e. The van der Waals surface area contributed by atoms with Gasteiger partial charge in [-0.1, -0.05) is 18.2 Å². The molecule has 1 fully saturated rings. The Hall–Kier alpha value is -1.80. The number of carbonyl (C=O) groups excluding carboxylic acids is 2. The molecule has 2 N–H and O–H groups in total. The SMILES string of the molecule is CC1(O)CCCO1.CCN(C)C(=O)c1ccccc1C=O.COC(C)(C)O. The second-order valence-electron chi connectivity index (χ2n) is 6.80. The van der Waals surface area contributed by atoms with Crippen molar-refractivity contribution in [3.05, 3.63) is 35.4 Å². The Labute approximate surface area is 161 Å². The van der Waals surface area contributed by atoms with Crippen molar-refractivity contribution < 1.29 is 29.3 Å². The first kappa shape index (κ1) is 25.2. The summed E-state index contributed by atoms with van der Waals surface area (Å²) >= 11 is 0. The van der Waals surface area contributed by atoms with Gasteiger partial charge in [0.2, 0.25) is 0 Å². The normalized spacial score (nSPS) is 18.5. The lowest BCUT2D eigenvalue weighted by Gasteiger charge is -2.15. The number of aliphatic hydroxyl groups is 2. The summed E-state index contributed by atoms with van der Waals surface area (Å²) in [6.45, 7) is 8.08. The van der Waals surface area contributed by atoms with Gasteiger partial charge in [-0.2, -0.15) is 0 Å². The first-order valence-corrected chi connectivity index (χ1v) is 8.91. The molecular formula is C20H33NO6. The molecule has 2 rings (SSSR count). The monoisotopic (exact) mass is 383 g/mol. The lowest BCUT2D eigenvalue weighted by atomic mass is 10.1. The van der Waals surface area contributed by atoms with Crippen molar-refractivity contribution >= 4 is 12.2 Å². The van der Waals surface area contributed by atoms with Crippen LogP contribution in [0.5, 0.6) is 0 Å². The highest BCUT2D eigenvalue weighted by atomic mass is 16.6. The molecule has 1 atom stereocenters. The topological polar surface area (TPSA) is 96.3 Å². The lowest BCUT2D eigenvalue weighted by molar-refractivity contribution is -0.155. The average Bonchev–Trinajstić information content (AvgIpc) is 3.04. The molecule has 1 saturated heterocycles. The Morgan fingerprint density at radius 1 is 1.41 bits per heavy atom. The van der Waals surface area contributed by atoms with Crippen molar-refractivity contribution in [2.75, 3.05) is 27.3 Å². The van der Waals surface area contributed by atoms with Crippen LogP contribution in [0.3, 0.4) is 0 Å². The molecule has 1 aliphatic heterocycles. The number of amides is 1. The summed E-state index contributed by atoms with van der Waals surface area (Å²) in [5.74, 6) is -1.88. The fourth-order valence-corrected chi connectivity index (χ4v) is 1.91. The average molecular weight is 383 g/mol. The fourth-order valence-electron chi connectivity index (χ4n) is 1.91. The van der Waals surface area contributed by atoms with E-state index in [0.29, 0.717) is 30.6 Å². The van der Waals surface area contributed by atoms with Gasteiger partial charge in [-0.15, -0.1) is 0 Å². The Balaban J connectivity index is 0.000000433. The van der Waals surface area contributed by atoms with Crippen LogP contribution < -0.4 is 0 Å². The second-order valence-corrected chi connectivity index (χ2v) is 6.80. The van der Waals surface area contributed by atoms with Gasteiger partial charge in [-0.05, 0) is 40.2 Å². The number of hydrogen-bond acceptors (Lipinski definition) is 6. The zero-order valence-corrected chi connectivity index (χ0v) is 17.2. The third kappa shape index (κ3) is 10.8. The maximum Gasteiger partial charge on any atom is 0.254 e. The fraction of sp³-hybridized carbons (Fsp3) is 0.600. The minimum atomic E-state index is -0.958. The van der Waals surface area contributed by atoms with E-state index in [0.717, 1.165) is 12.8 Å². The number of carbonyl (C=O) groups is 2. The minimum Gasteiger partial charge on any atom is -0.366 e. The molecule has 1 amide bonds. The molecular weight excluding hydrogens is 350 g/mol. The van der Waals surface area contributed by atoms with Crippen molar-refractivity contribution in [3.8, 4) is 0 Å². The van der Waals surface area contributed by atoms with Crippen molar-refractivity contribution in [2.45, 2.75) is 52.1 Å². The van der Waals surface area contributed by atoms with Crippen LogP contribution in [0.4, 0.5) is 0 Å². The van der Waals surface area contributed by atoms with Gasteiger partial charge in [0.15, 0.2) is 17.9 Å². The standard InChI is InChI=1S/C11H13NO2.C5H10O2.C4H10O2/c1-3-12(2)11(14)10-7-5-4-6-9(10)8-13;1-5(6)3-2-4-7-5;1-4(2,5)6-3/h4-8H,3H2,1-2H3;6H,2-4H2,1H3;5H,1-3H3. The summed E-state index contributed by atoms with van der Waals surface area (Å²) in [5, 5.41) is 17.6. The van der Waals surface area contributed by atoms with Gasteiger partial charge in [0.25, 0.3) is 5.91 Å². The molecule has 0 aromatic heterocycles. The van der Waals surface area contributed by atoms with Gasteiger partial charge in [-0.3, -0.25) is 9.59 Å². The van der Waals surface area contributed by atoms with Crippen LogP contribution in [-0.2, 0) is 9.47 Å². The van der Waals surface area contributed by atoms with E-state index >= 15 is 0 Å². The van der Waals surface area contributed by atoms with E-state index in [1.807, 2.05) is 6.92 Å². The Bertz CT molecular complexity index is 572. The smallest absolute Gasteiger partial charge is 0.254 e. The summed E-state index contributed by atoms with van der Waals surface area (Å²) in [6.07, 6.45) is 2.48. The van der Waals surface area contributed by atoms with Crippen LogP contribution in [0, 0.1) is 0 Å². The summed E-state index contributed by atoms with van der Waals surface area (Å²) in [7, 11) is 3.17. The number of hydrogen-bond donors (Lipinski definition) is 2. The lowest BCUT2D eigenvalue weighted by Crippen LogP contribution is -2.27. The van der Waals surface area contributed by atoms with E-state index in [9.17, 15) is 9.59 Å². The zero-order valence-electron chi connectivity index (χ0n) is 17.2. The third-order valence-corrected chi connectivity index (χ3v) is 3.84. The number of methoxy groups -OCH3 is 1. The Morgan fingerprint density at radius 3 is 2.30 bits per heavy atom. The highest BCUT2D eigenvalue weighted by Gasteiger charge is 2.25. The highest BCUT2D eigenvalue weighted by Crippen LogP contribution is 2.20. The van der Waals surface area contributed by atoms with Crippen LogP contribution in [-0.4, -0.2) is 66.2 Å². The molecule has 1 aromatic carbocycles. The van der Waals surface area contributed by atoms with Crippen LogP contribution in [0.25, 0.3) is 0 Å². The van der Waals surface area contributed by atoms with Crippen LogP contribution in [0.1, 0.15) is 61.3 Å². The van der Waals surface area contributed by atoms with Gasteiger partial charge in [0, 0.05) is 32.7 Å². The molecule has 154 valence electrons. The maximum absolute atomic E-state index is 11.7. The molecule has 0 radical (unpaired) electrons. The predicted molar refractivity (Wildman–Crippen MR) is 104 cm³/mol. The van der Waals surface area contributed by atoms with E-state index in [1.165, 1.54) is 7.11 Å². The molecule has 0 spiro atoms. The molecule has 0 bridgehead atoms. The van der Waals surface area contributed by atoms with Gasteiger partial charge < -0.3 is 24.6 Å². The molecule has 0 aliphatic carbocycles. The van der Waals surface area contributed by atoms with Crippen LogP contribution in [0.2, 0.25) is 0 Å². The first-order valence-electron chi connectivity index (χ1n) is 8.91. The van der Waals surface area contributed by atoms with Crippen molar-refractivity contribution in [1.29, 1.82) is 0 Å². The maximum atomic E-state index is 11.7. The molecule has 0 saturated carbocycles. The number of ether oxygens (including phenoxy) is 2. The molecule has 1 aliphatic rings. The summed E-state index contributed by atoms with van der Waals surface area (Å²) < 4.78 is 9.39. The van der Waals surface area contributed by atoms with E-state index in [2.05, 4.69) is 4.74 Å². The van der Waals surface area contributed by atoms with Crippen LogP contribution >= 0.6 is 0 Å². The van der Waals surface area contributed by atoms with Gasteiger partial charge >= 0.3 is 0 Å². The van der Waals surface area contributed by atoms with E-state index < -0.39 is 11.6 Å². The van der Waals surface area contributed by atoms with Gasteiger partial charge in [-0.25, -0.2) is 0 Å². The molecule has 7 nitrogen and oxygen atoms in total. The van der Waals surface area contributed by atoms with Gasteiger partial charge in [0.05, 0.1) is 12.2 Å². The van der Waals surface area contributed by atoms with Crippen molar-refractivity contribution in [2.24, 2.45) is 0 Å². The van der Waals surface area contributed by atoms with E-state index in [1.54, 1.807) is 57.0 Å². The number of rotatable bonds is 4. The number of benzene rings is 1. The predicted octanol–water partition coefficient (Wildman–Crippen LogP) is 2.46. The zero-order chi connectivity index (χ0) is 21.1. The summed E-state index contributed by atoms with van der Waals surface area (Å²) in [4.78, 5) is 24.0. The van der Waals surface area contributed by atoms with Crippen molar-refractivity contribution in [1.82, 2.24) is 4.90 Å².